The molecule has 0 aliphatic rings. The summed E-state index contributed by atoms with van der Waals surface area (Å²) in [7, 11) is 1.59. The van der Waals surface area contributed by atoms with Crippen molar-refractivity contribution < 1.29 is 19.4 Å². The van der Waals surface area contributed by atoms with E-state index < -0.39 is 5.97 Å². The lowest BCUT2D eigenvalue weighted by atomic mass is 10.2. The Kier molecular flexibility index (Phi) is 4.06. The van der Waals surface area contributed by atoms with Crippen LogP contribution in [0.4, 0.5) is 0 Å². The van der Waals surface area contributed by atoms with Crippen LogP contribution in [0.15, 0.2) is 30.3 Å². The second kappa shape index (κ2) is 5.75. The van der Waals surface area contributed by atoms with Crippen LogP contribution >= 0.6 is 11.3 Å². The molecule has 0 unspecified atom stereocenters. The minimum absolute atomic E-state index is 0.229. The molecule has 1 N–H and O–H groups in total. The van der Waals surface area contributed by atoms with Crippen molar-refractivity contribution in [3.63, 3.8) is 0 Å². The van der Waals surface area contributed by atoms with E-state index in [2.05, 4.69) is 0 Å². The van der Waals surface area contributed by atoms with Crippen LogP contribution in [0.25, 0.3) is 0 Å². The van der Waals surface area contributed by atoms with Gasteiger partial charge >= 0.3 is 5.97 Å². The zero-order chi connectivity index (χ0) is 13.8. The Morgan fingerprint density at radius 3 is 2.74 bits per heavy atom. The van der Waals surface area contributed by atoms with Crippen molar-refractivity contribution >= 4 is 17.3 Å². The Morgan fingerprint density at radius 1 is 1.32 bits per heavy atom. The molecule has 0 bridgehead atoms. The molecule has 0 amide bonds. The molecular formula is C14H14O4S. The molecule has 4 nitrogen and oxygen atoms in total. The van der Waals surface area contributed by atoms with Crippen molar-refractivity contribution in [3.05, 3.63) is 45.6 Å². The minimum atomic E-state index is -0.965. The van der Waals surface area contributed by atoms with Gasteiger partial charge in [-0.05, 0) is 19.1 Å². The minimum Gasteiger partial charge on any atom is -0.496 e. The number of ether oxygens (including phenoxy) is 2. The third kappa shape index (κ3) is 3.06. The van der Waals surface area contributed by atoms with E-state index >= 15 is 0 Å². The van der Waals surface area contributed by atoms with Crippen molar-refractivity contribution in [1.29, 1.82) is 0 Å². The Balaban J connectivity index is 2.16. The van der Waals surface area contributed by atoms with Gasteiger partial charge in [-0.1, -0.05) is 18.2 Å². The number of aromatic carboxylic acids is 1. The number of rotatable bonds is 5. The number of aryl methyl sites for hydroxylation is 1. The molecule has 0 atom stereocenters. The molecule has 1 aromatic carbocycles. The first-order valence-electron chi connectivity index (χ1n) is 5.70. The molecule has 0 radical (unpaired) electrons. The highest BCUT2D eigenvalue weighted by molar-refractivity contribution is 7.14. The SMILES string of the molecule is COc1ccccc1COc1cc(C)sc1C(=O)O. The molecule has 19 heavy (non-hydrogen) atoms. The average molecular weight is 278 g/mol. The first kappa shape index (κ1) is 13.4. The normalized spacial score (nSPS) is 10.2. The van der Waals surface area contributed by atoms with Gasteiger partial charge in [-0.15, -0.1) is 11.3 Å². The van der Waals surface area contributed by atoms with E-state index in [0.717, 1.165) is 16.2 Å². The lowest BCUT2D eigenvalue weighted by Crippen LogP contribution is -2.01. The van der Waals surface area contributed by atoms with Crippen LogP contribution < -0.4 is 9.47 Å². The van der Waals surface area contributed by atoms with Crippen molar-refractivity contribution in [2.24, 2.45) is 0 Å². The molecule has 0 spiro atoms. The van der Waals surface area contributed by atoms with E-state index in [4.69, 9.17) is 14.6 Å². The molecule has 100 valence electrons. The highest BCUT2D eigenvalue weighted by Crippen LogP contribution is 2.30. The quantitative estimate of drug-likeness (QED) is 0.911. The first-order chi connectivity index (χ1) is 9.11. The van der Waals surface area contributed by atoms with E-state index in [0.29, 0.717) is 5.75 Å². The summed E-state index contributed by atoms with van der Waals surface area (Å²) in [6.45, 7) is 2.13. The molecule has 2 rings (SSSR count). The third-order valence-corrected chi connectivity index (χ3v) is 3.61. The number of hydrogen-bond donors (Lipinski definition) is 1. The fourth-order valence-corrected chi connectivity index (χ4v) is 2.52. The maximum atomic E-state index is 11.1. The van der Waals surface area contributed by atoms with Crippen LogP contribution in [-0.4, -0.2) is 18.2 Å². The van der Waals surface area contributed by atoms with E-state index in [1.807, 2.05) is 31.2 Å². The predicted molar refractivity (Wildman–Crippen MR) is 73.3 cm³/mol. The van der Waals surface area contributed by atoms with Gasteiger partial charge in [0.2, 0.25) is 0 Å². The number of carboxylic acids is 1. The van der Waals surface area contributed by atoms with Crippen molar-refractivity contribution in [1.82, 2.24) is 0 Å². The highest BCUT2D eigenvalue weighted by Gasteiger charge is 2.15. The average Bonchev–Trinajstić information content (AvgIpc) is 2.78. The largest absolute Gasteiger partial charge is 0.496 e. The summed E-state index contributed by atoms with van der Waals surface area (Å²) >= 11 is 1.21. The summed E-state index contributed by atoms with van der Waals surface area (Å²) < 4.78 is 10.8. The van der Waals surface area contributed by atoms with Gasteiger partial charge in [0.1, 0.15) is 18.1 Å². The Morgan fingerprint density at radius 2 is 2.05 bits per heavy atom. The molecule has 0 saturated heterocycles. The predicted octanol–water partition coefficient (Wildman–Crippen LogP) is 3.34. The summed E-state index contributed by atoms with van der Waals surface area (Å²) in [5, 5.41) is 9.08. The van der Waals surface area contributed by atoms with Crippen LogP contribution in [0.3, 0.4) is 0 Å². The number of carbonyl (C=O) groups is 1. The van der Waals surface area contributed by atoms with Crippen LogP contribution in [0.5, 0.6) is 11.5 Å². The lowest BCUT2D eigenvalue weighted by Gasteiger charge is -2.09. The van der Waals surface area contributed by atoms with Crippen molar-refractivity contribution in [2.75, 3.05) is 7.11 Å². The van der Waals surface area contributed by atoms with Crippen molar-refractivity contribution in [2.45, 2.75) is 13.5 Å². The monoisotopic (exact) mass is 278 g/mol. The summed E-state index contributed by atoms with van der Waals surface area (Å²) in [6.07, 6.45) is 0. The molecule has 0 saturated carbocycles. The number of methoxy groups -OCH3 is 1. The molecule has 2 aromatic rings. The maximum absolute atomic E-state index is 11.1. The first-order valence-corrected chi connectivity index (χ1v) is 6.52. The van der Waals surface area contributed by atoms with Gasteiger partial charge in [0.05, 0.1) is 7.11 Å². The molecule has 0 aliphatic carbocycles. The fourth-order valence-electron chi connectivity index (χ4n) is 1.72. The molecule has 1 heterocycles. The smallest absolute Gasteiger partial charge is 0.349 e. The molecule has 0 fully saturated rings. The van der Waals surface area contributed by atoms with Gasteiger partial charge in [0, 0.05) is 10.4 Å². The molecule has 5 heteroatoms. The number of benzene rings is 1. The Hall–Kier alpha value is -2.01. The zero-order valence-electron chi connectivity index (χ0n) is 10.7. The third-order valence-electron chi connectivity index (χ3n) is 2.59. The van der Waals surface area contributed by atoms with Gasteiger partial charge < -0.3 is 14.6 Å². The van der Waals surface area contributed by atoms with Crippen LogP contribution in [0.2, 0.25) is 0 Å². The van der Waals surface area contributed by atoms with Crippen molar-refractivity contribution in [3.8, 4) is 11.5 Å². The van der Waals surface area contributed by atoms with Crippen LogP contribution in [0.1, 0.15) is 20.1 Å². The van der Waals surface area contributed by atoms with Gasteiger partial charge in [-0.25, -0.2) is 4.79 Å². The summed E-state index contributed by atoms with van der Waals surface area (Å²) in [6, 6.07) is 9.23. The van der Waals surface area contributed by atoms with Gasteiger partial charge in [-0.3, -0.25) is 0 Å². The summed E-state index contributed by atoms with van der Waals surface area (Å²) in [4.78, 5) is 12.2. The van der Waals surface area contributed by atoms with Gasteiger partial charge in [-0.2, -0.15) is 0 Å². The summed E-state index contributed by atoms with van der Waals surface area (Å²) in [5.74, 6) is 0.167. The highest BCUT2D eigenvalue weighted by atomic mass is 32.1. The maximum Gasteiger partial charge on any atom is 0.349 e. The van der Waals surface area contributed by atoms with E-state index in [9.17, 15) is 4.79 Å². The van der Waals surface area contributed by atoms with Crippen LogP contribution in [0, 0.1) is 6.92 Å². The number of hydrogen-bond acceptors (Lipinski definition) is 4. The molecule has 1 aromatic heterocycles. The summed E-state index contributed by atoms with van der Waals surface area (Å²) in [5.41, 5.74) is 0.880. The number of carboxylic acid groups (broad SMARTS) is 1. The Labute approximate surface area is 115 Å². The second-order valence-electron chi connectivity index (χ2n) is 3.96. The standard InChI is InChI=1S/C14H14O4S/c1-9-7-12(13(19-9)14(15)16)18-8-10-5-3-4-6-11(10)17-2/h3-7H,8H2,1-2H3,(H,15,16). The molecular weight excluding hydrogens is 264 g/mol. The zero-order valence-corrected chi connectivity index (χ0v) is 11.5. The molecule has 0 aliphatic heterocycles. The van der Waals surface area contributed by atoms with Gasteiger partial charge in [0.15, 0.2) is 4.88 Å². The van der Waals surface area contributed by atoms with E-state index in [1.165, 1.54) is 11.3 Å². The second-order valence-corrected chi connectivity index (χ2v) is 5.21. The fraction of sp³-hybridized carbons (Fsp3) is 0.214. The van der Waals surface area contributed by atoms with Crippen LogP contribution in [-0.2, 0) is 6.61 Å². The van der Waals surface area contributed by atoms with E-state index in [-0.39, 0.29) is 11.5 Å². The Bertz CT molecular complexity index is 589. The number of thiophene rings is 1. The lowest BCUT2D eigenvalue weighted by molar-refractivity contribution is 0.0697. The number of para-hydroxylation sites is 1. The van der Waals surface area contributed by atoms with Gasteiger partial charge in [0.25, 0.3) is 0 Å². The van der Waals surface area contributed by atoms with E-state index in [1.54, 1.807) is 13.2 Å². The topological polar surface area (TPSA) is 55.8 Å².